The monoisotopic (exact) mass is 288 g/mol. The molecule has 0 heterocycles. The zero-order chi connectivity index (χ0) is 14.6. The maximum Gasteiger partial charge on any atom is 0.255 e. The summed E-state index contributed by atoms with van der Waals surface area (Å²) in [5, 5.41) is 0. The lowest BCUT2D eigenvalue weighted by Crippen LogP contribution is -2.31. The molecule has 1 rings (SSSR count). The summed E-state index contributed by atoms with van der Waals surface area (Å²) < 4.78 is 37.8. The van der Waals surface area contributed by atoms with Crippen molar-refractivity contribution in [1.82, 2.24) is 4.90 Å². The van der Waals surface area contributed by atoms with Crippen molar-refractivity contribution in [2.45, 2.75) is 13.8 Å². The minimum Gasteiger partial charge on any atom is -0.339 e. The van der Waals surface area contributed by atoms with Gasteiger partial charge in [0.2, 0.25) is 10.0 Å². The van der Waals surface area contributed by atoms with Crippen LogP contribution in [0.3, 0.4) is 0 Å². The van der Waals surface area contributed by atoms with E-state index in [-0.39, 0.29) is 17.2 Å². The van der Waals surface area contributed by atoms with Gasteiger partial charge in [0.1, 0.15) is 5.82 Å². The Hall–Kier alpha value is -1.63. The standard InChI is InChI=1S/C12H17FN2O3S/c1-4-15(5-2)12(16)10-7-6-9(13)8-11(10)14-19(3,17)18/h6-8,14H,4-5H2,1-3H3. The lowest BCUT2D eigenvalue weighted by atomic mass is 10.1. The van der Waals surface area contributed by atoms with E-state index in [2.05, 4.69) is 4.72 Å². The van der Waals surface area contributed by atoms with Crippen molar-refractivity contribution < 1.29 is 17.6 Å². The molecule has 0 bridgehead atoms. The quantitative estimate of drug-likeness (QED) is 0.896. The molecule has 0 radical (unpaired) electrons. The van der Waals surface area contributed by atoms with Gasteiger partial charge in [-0.3, -0.25) is 9.52 Å². The van der Waals surface area contributed by atoms with Crippen molar-refractivity contribution in [3.8, 4) is 0 Å². The zero-order valence-electron chi connectivity index (χ0n) is 11.1. The zero-order valence-corrected chi connectivity index (χ0v) is 11.9. The molecule has 0 aliphatic rings. The number of hydrogen-bond acceptors (Lipinski definition) is 3. The number of halogens is 1. The van der Waals surface area contributed by atoms with Crippen LogP contribution >= 0.6 is 0 Å². The summed E-state index contributed by atoms with van der Waals surface area (Å²) in [5.41, 5.74) is 0.0925. The third kappa shape index (κ3) is 4.20. The van der Waals surface area contributed by atoms with Gasteiger partial charge in [0.25, 0.3) is 5.91 Å². The second-order valence-corrected chi connectivity index (χ2v) is 5.79. The van der Waals surface area contributed by atoms with Crippen LogP contribution in [-0.2, 0) is 10.0 Å². The number of benzene rings is 1. The van der Waals surface area contributed by atoms with Crippen LogP contribution in [-0.4, -0.2) is 38.6 Å². The van der Waals surface area contributed by atoms with E-state index in [9.17, 15) is 17.6 Å². The molecule has 1 amide bonds. The van der Waals surface area contributed by atoms with Gasteiger partial charge in [0, 0.05) is 13.1 Å². The molecule has 0 aliphatic heterocycles. The van der Waals surface area contributed by atoms with Gasteiger partial charge in [-0.05, 0) is 32.0 Å². The summed E-state index contributed by atoms with van der Waals surface area (Å²) >= 11 is 0. The molecule has 0 saturated carbocycles. The van der Waals surface area contributed by atoms with Crippen LogP contribution in [0, 0.1) is 5.82 Å². The molecule has 0 fully saturated rings. The van der Waals surface area contributed by atoms with Crippen LogP contribution in [0.4, 0.5) is 10.1 Å². The summed E-state index contributed by atoms with van der Waals surface area (Å²) in [7, 11) is -3.58. The summed E-state index contributed by atoms with van der Waals surface area (Å²) in [5.74, 6) is -0.946. The van der Waals surface area contributed by atoms with Crippen molar-refractivity contribution in [3.05, 3.63) is 29.6 Å². The fourth-order valence-corrected chi connectivity index (χ4v) is 2.24. The van der Waals surface area contributed by atoms with Gasteiger partial charge < -0.3 is 4.90 Å². The van der Waals surface area contributed by atoms with Gasteiger partial charge in [0.05, 0.1) is 17.5 Å². The van der Waals surface area contributed by atoms with Crippen molar-refractivity contribution in [2.24, 2.45) is 0 Å². The highest BCUT2D eigenvalue weighted by molar-refractivity contribution is 7.92. The summed E-state index contributed by atoms with van der Waals surface area (Å²) in [6, 6.07) is 3.41. The van der Waals surface area contributed by atoms with E-state index in [0.717, 1.165) is 18.4 Å². The van der Waals surface area contributed by atoms with Gasteiger partial charge in [-0.1, -0.05) is 0 Å². The first kappa shape index (κ1) is 15.4. The summed E-state index contributed by atoms with van der Waals surface area (Å²) in [6.45, 7) is 4.61. The number of nitrogens with one attached hydrogen (secondary N) is 1. The Morgan fingerprint density at radius 3 is 2.37 bits per heavy atom. The number of anilines is 1. The number of amides is 1. The Balaban J connectivity index is 3.23. The number of hydrogen-bond donors (Lipinski definition) is 1. The van der Waals surface area contributed by atoms with Crippen LogP contribution in [0.5, 0.6) is 0 Å². The fourth-order valence-electron chi connectivity index (χ4n) is 1.67. The van der Waals surface area contributed by atoms with Crippen molar-refractivity contribution in [1.29, 1.82) is 0 Å². The molecule has 1 N–H and O–H groups in total. The third-order valence-corrected chi connectivity index (χ3v) is 3.15. The van der Waals surface area contributed by atoms with Crippen LogP contribution < -0.4 is 4.72 Å². The van der Waals surface area contributed by atoms with E-state index in [4.69, 9.17) is 0 Å². The predicted molar refractivity (Wildman–Crippen MR) is 72.1 cm³/mol. The normalized spacial score (nSPS) is 11.2. The number of carbonyl (C=O) groups excluding carboxylic acids is 1. The topological polar surface area (TPSA) is 66.5 Å². The molecule has 0 spiro atoms. The number of rotatable bonds is 5. The molecule has 0 aliphatic carbocycles. The Labute approximate surface area is 112 Å². The summed E-state index contributed by atoms with van der Waals surface area (Å²) in [6.07, 6.45) is 0.948. The lowest BCUT2D eigenvalue weighted by Gasteiger charge is -2.20. The van der Waals surface area contributed by atoms with Crippen molar-refractivity contribution in [3.63, 3.8) is 0 Å². The van der Waals surface area contributed by atoms with E-state index in [1.54, 1.807) is 0 Å². The Kier molecular flexibility index (Phi) is 4.88. The maximum absolute atomic E-state index is 13.2. The third-order valence-electron chi connectivity index (χ3n) is 2.56. The molecule has 0 atom stereocenters. The van der Waals surface area contributed by atoms with Crippen LogP contribution in [0.15, 0.2) is 18.2 Å². The van der Waals surface area contributed by atoms with Gasteiger partial charge in [-0.2, -0.15) is 0 Å². The molecular formula is C12H17FN2O3S. The van der Waals surface area contributed by atoms with E-state index >= 15 is 0 Å². The Morgan fingerprint density at radius 2 is 1.89 bits per heavy atom. The highest BCUT2D eigenvalue weighted by atomic mass is 32.2. The molecule has 1 aromatic rings. The van der Waals surface area contributed by atoms with E-state index in [1.807, 2.05) is 13.8 Å². The molecule has 1 aromatic carbocycles. The van der Waals surface area contributed by atoms with Gasteiger partial charge in [0.15, 0.2) is 0 Å². The molecule has 5 nitrogen and oxygen atoms in total. The second-order valence-electron chi connectivity index (χ2n) is 4.04. The molecule has 106 valence electrons. The molecule has 7 heteroatoms. The highest BCUT2D eigenvalue weighted by Gasteiger charge is 2.18. The highest BCUT2D eigenvalue weighted by Crippen LogP contribution is 2.20. The van der Waals surface area contributed by atoms with Gasteiger partial charge in [-0.25, -0.2) is 12.8 Å². The second kappa shape index (κ2) is 6.01. The predicted octanol–water partition coefficient (Wildman–Crippen LogP) is 1.68. The SMILES string of the molecule is CCN(CC)C(=O)c1ccc(F)cc1NS(C)(=O)=O. The molecule has 19 heavy (non-hydrogen) atoms. The van der Waals surface area contributed by atoms with Gasteiger partial charge >= 0.3 is 0 Å². The fraction of sp³-hybridized carbons (Fsp3) is 0.417. The maximum atomic E-state index is 13.2. The number of nitrogens with zero attached hydrogens (tertiary/aromatic N) is 1. The lowest BCUT2D eigenvalue weighted by molar-refractivity contribution is 0.0774. The first-order chi connectivity index (χ1) is 8.78. The van der Waals surface area contributed by atoms with Crippen LogP contribution in [0.25, 0.3) is 0 Å². The summed E-state index contributed by atoms with van der Waals surface area (Å²) in [4.78, 5) is 13.7. The molecular weight excluding hydrogens is 271 g/mol. The smallest absolute Gasteiger partial charge is 0.255 e. The average molecular weight is 288 g/mol. The molecule has 0 unspecified atom stereocenters. The first-order valence-electron chi connectivity index (χ1n) is 5.85. The van der Waals surface area contributed by atoms with Crippen LogP contribution in [0.2, 0.25) is 0 Å². The number of sulfonamides is 1. The molecule has 0 saturated heterocycles. The average Bonchev–Trinajstić information content (AvgIpc) is 2.28. The first-order valence-corrected chi connectivity index (χ1v) is 7.74. The number of carbonyl (C=O) groups is 1. The van der Waals surface area contributed by atoms with Gasteiger partial charge in [-0.15, -0.1) is 0 Å². The largest absolute Gasteiger partial charge is 0.339 e. The molecule has 0 aromatic heterocycles. The van der Waals surface area contributed by atoms with E-state index in [1.165, 1.54) is 11.0 Å². The minimum atomic E-state index is -3.58. The minimum absolute atomic E-state index is 0.0422. The Morgan fingerprint density at radius 1 is 1.32 bits per heavy atom. The van der Waals surface area contributed by atoms with Crippen LogP contribution in [0.1, 0.15) is 24.2 Å². The van der Waals surface area contributed by atoms with Crippen molar-refractivity contribution in [2.75, 3.05) is 24.1 Å². The Bertz CT molecular complexity index is 568. The van der Waals surface area contributed by atoms with E-state index in [0.29, 0.717) is 13.1 Å². The van der Waals surface area contributed by atoms with Crippen molar-refractivity contribution >= 4 is 21.6 Å². The van der Waals surface area contributed by atoms with E-state index < -0.39 is 15.8 Å².